The van der Waals surface area contributed by atoms with Gasteiger partial charge < -0.3 is 4.55 Å². The van der Waals surface area contributed by atoms with E-state index in [9.17, 15) is 26.5 Å². The molecule has 10 heteroatoms. The summed E-state index contributed by atoms with van der Waals surface area (Å²) in [7, 11) is 0. The zero-order chi connectivity index (χ0) is 22.5. The Kier molecular flexibility index (Phi) is 6.51. The molecule has 3 atom stereocenters. The molecule has 2 unspecified atom stereocenters. The standard InChI is InChI=1S/C20H24ClF5N2OS/c1-18(2,3)30(29)27-11-12-6-9-28(19(7-8-19)20(24,25)26)15(10-12)13-4-5-14(22)16(21)17(13)23/h4-5,11-12,15H,6-10H2,1-3H3/t12?,15?,30-/m1/s1. The topological polar surface area (TPSA) is 38.7 Å². The zero-order valence-electron chi connectivity index (χ0n) is 16.9. The summed E-state index contributed by atoms with van der Waals surface area (Å²) in [5.74, 6) is -2.29. The predicted molar refractivity (Wildman–Crippen MR) is 108 cm³/mol. The molecule has 0 aromatic heterocycles. The van der Waals surface area contributed by atoms with Crippen molar-refractivity contribution in [2.75, 3.05) is 6.54 Å². The van der Waals surface area contributed by atoms with Crippen LogP contribution < -0.4 is 0 Å². The fourth-order valence-electron chi connectivity index (χ4n) is 3.88. The van der Waals surface area contributed by atoms with Gasteiger partial charge in [0.1, 0.15) is 38.3 Å². The van der Waals surface area contributed by atoms with Crippen LogP contribution in [0.3, 0.4) is 0 Å². The summed E-state index contributed by atoms with van der Waals surface area (Å²) in [5.41, 5.74) is -2.06. The molecule has 2 fully saturated rings. The Morgan fingerprint density at radius 2 is 1.87 bits per heavy atom. The van der Waals surface area contributed by atoms with E-state index in [2.05, 4.69) is 4.40 Å². The van der Waals surface area contributed by atoms with Crippen molar-refractivity contribution in [3.8, 4) is 0 Å². The van der Waals surface area contributed by atoms with Gasteiger partial charge in [0.2, 0.25) is 0 Å². The van der Waals surface area contributed by atoms with Gasteiger partial charge in [-0.3, -0.25) is 4.90 Å². The molecule has 1 aromatic carbocycles. The molecular formula is C20H24ClF5N2OS. The van der Waals surface area contributed by atoms with E-state index in [0.717, 1.165) is 12.1 Å². The number of nitrogens with zero attached hydrogens (tertiary/aromatic N) is 2. The molecule has 0 bridgehead atoms. The minimum absolute atomic E-state index is 0.0592. The van der Waals surface area contributed by atoms with Crippen LogP contribution in [0.4, 0.5) is 22.0 Å². The number of benzene rings is 1. The molecule has 0 amide bonds. The lowest BCUT2D eigenvalue weighted by Crippen LogP contribution is -2.53. The summed E-state index contributed by atoms with van der Waals surface area (Å²) in [4.78, 5) is 1.28. The van der Waals surface area contributed by atoms with Crippen molar-refractivity contribution in [2.24, 2.45) is 10.3 Å². The van der Waals surface area contributed by atoms with Crippen LogP contribution in [-0.4, -0.2) is 38.7 Å². The van der Waals surface area contributed by atoms with Gasteiger partial charge in [-0.25, -0.2) is 8.78 Å². The van der Waals surface area contributed by atoms with E-state index in [1.165, 1.54) is 11.1 Å². The van der Waals surface area contributed by atoms with Crippen LogP contribution in [0.25, 0.3) is 0 Å². The number of piperidine rings is 1. The van der Waals surface area contributed by atoms with Crippen molar-refractivity contribution in [3.05, 3.63) is 34.4 Å². The normalized spacial score (nSPS) is 26.2. The quantitative estimate of drug-likeness (QED) is 0.234. The van der Waals surface area contributed by atoms with E-state index in [-0.39, 0.29) is 37.3 Å². The average Bonchev–Trinajstić information content (AvgIpc) is 3.45. The first kappa shape index (κ1) is 23.8. The maximum absolute atomic E-state index is 14.8. The number of halogens is 6. The Morgan fingerprint density at radius 3 is 2.40 bits per heavy atom. The second-order valence-corrected chi connectivity index (χ2v) is 11.2. The second kappa shape index (κ2) is 8.22. The third-order valence-corrected chi connectivity index (χ3v) is 7.47. The lowest BCUT2D eigenvalue weighted by atomic mass is 9.85. The highest BCUT2D eigenvalue weighted by molar-refractivity contribution is 7.91. The summed E-state index contributed by atoms with van der Waals surface area (Å²) < 4.78 is 85.5. The van der Waals surface area contributed by atoms with Crippen LogP contribution in [0.5, 0.6) is 0 Å². The molecule has 1 aromatic rings. The lowest BCUT2D eigenvalue weighted by molar-refractivity contribution is -0.207. The Labute approximate surface area is 181 Å². The fourth-order valence-corrected chi connectivity index (χ4v) is 4.66. The number of hydrogen-bond donors (Lipinski definition) is 0. The molecule has 30 heavy (non-hydrogen) atoms. The maximum Gasteiger partial charge on any atom is 0.406 e. The van der Waals surface area contributed by atoms with Gasteiger partial charge in [-0.1, -0.05) is 22.1 Å². The minimum Gasteiger partial charge on any atom is -0.591 e. The van der Waals surface area contributed by atoms with Gasteiger partial charge in [-0.2, -0.15) is 13.2 Å². The first-order valence-corrected chi connectivity index (χ1v) is 11.2. The molecule has 1 aliphatic heterocycles. The van der Waals surface area contributed by atoms with Crippen LogP contribution in [0.2, 0.25) is 5.02 Å². The predicted octanol–water partition coefficient (Wildman–Crippen LogP) is 6.00. The SMILES string of the molecule is CC(C)(C)[S@@+]([O-])N=CC1CCN(C2(C(F)(F)F)CC2)C(c2ccc(F)c(Cl)c2F)C1. The Hall–Kier alpha value is -0.900. The average molecular weight is 471 g/mol. The van der Waals surface area contributed by atoms with Crippen LogP contribution in [0.15, 0.2) is 16.5 Å². The van der Waals surface area contributed by atoms with Gasteiger partial charge >= 0.3 is 6.18 Å². The molecule has 1 aliphatic carbocycles. The molecule has 1 saturated heterocycles. The van der Waals surface area contributed by atoms with E-state index >= 15 is 0 Å². The monoisotopic (exact) mass is 470 g/mol. The summed E-state index contributed by atoms with van der Waals surface area (Å²) >= 11 is 4.20. The first-order chi connectivity index (χ1) is 13.8. The van der Waals surface area contributed by atoms with Crippen LogP contribution in [0, 0.1) is 17.6 Å². The highest BCUT2D eigenvalue weighted by atomic mass is 35.5. The van der Waals surface area contributed by atoms with E-state index in [1.54, 1.807) is 20.8 Å². The highest BCUT2D eigenvalue weighted by Gasteiger charge is 2.68. The first-order valence-electron chi connectivity index (χ1n) is 9.71. The highest BCUT2D eigenvalue weighted by Crippen LogP contribution is 2.58. The van der Waals surface area contributed by atoms with E-state index in [0.29, 0.717) is 6.42 Å². The third kappa shape index (κ3) is 4.49. The molecule has 0 radical (unpaired) electrons. The van der Waals surface area contributed by atoms with Gasteiger partial charge in [-0.05, 0) is 52.5 Å². The number of alkyl halides is 3. The van der Waals surface area contributed by atoms with Gasteiger partial charge in [-0.15, -0.1) is 0 Å². The molecule has 1 saturated carbocycles. The maximum atomic E-state index is 14.8. The Morgan fingerprint density at radius 1 is 1.23 bits per heavy atom. The molecule has 168 valence electrons. The molecule has 3 nitrogen and oxygen atoms in total. The molecule has 3 rings (SSSR count). The van der Waals surface area contributed by atoms with Gasteiger partial charge in [0, 0.05) is 24.1 Å². The number of rotatable bonds is 4. The Bertz CT molecular complexity index is 823. The zero-order valence-corrected chi connectivity index (χ0v) is 18.5. The van der Waals surface area contributed by atoms with E-state index in [1.807, 2.05) is 0 Å². The summed E-state index contributed by atoms with van der Waals surface area (Å²) in [6.07, 6.45) is -2.56. The summed E-state index contributed by atoms with van der Waals surface area (Å²) in [6, 6.07) is 1.19. The largest absolute Gasteiger partial charge is 0.591 e. The summed E-state index contributed by atoms with van der Waals surface area (Å²) in [5, 5.41) is -0.728. The van der Waals surface area contributed by atoms with Gasteiger partial charge in [0.15, 0.2) is 0 Å². The molecular weight excluding hydrogens is 447 g/mol. The smallest absolute Gasteiger partial charge is 0.406 e. The lowest BCUT2D eigenvalue weighted by Gasteiger charge is -2.44. The van der Waals surface area contributed by atoms with Crippen molar-refractivity contribution in [1.29, 1.82) is 0 Å². The molecule has 0 N–H and O–H groups in total. The Balaban J connectivity index is 1.94. The third-order valence-electron chi connectivity index (χ3n) is 5.76. The number of hydrogen-bond acceptors (Lipinski definition) is 3. The van der Waals surface area contributed by atoms with Gasteiger partial charge in [0.25, 0.3) is 0 Å². The van der Waals surface area contributed by atoms with Crippen LogP contribution in [-0.2, 0) is 11.4 Å². The van der Waals surface area contributed by atoms with Crippen molar-refractivity contribution in [1.82, 2.24) is 4.90 Å². The molecule has 1 heterocycles. The number of likely N-dealkylation sites (tertiary alicyclic amines) is 1. The van der Waals surface area contributed by atoms with Crippen LogP contribution in [0.1, 0.15) is 58.1 Å². The molecule has 2 aliphatic rings. The minimum atomic E-state index is -4.46. The van der Waals surface area contributed by atoms with E-state index in [4.69, 9.17) is 11.6 Å². The van der Waals surface area contributed by atoms with Crippen molar-refractivity contribution >= 4 is 29.2 Å². The van der Waals surface area contributed by atoms with Crippen LogP contribution >= 0.6 is 11.6 Å². The molecule has 0 spiro atoms. The van der Waals surface area contributed by atoms with Gasteiger partial charge in [0.05, 0.1) is 6.21 Å². The van der Waals surface area contributed by atoms with Crippen molar-refractivity contribution in [3.63, 3.8) is 0 Å². The van der Waals surface area contributed by atoms with E-state index < -0.39 is 50.5 Å². The van der Waals surface area contributed by atoms with Crippen molar-refractivity contribution < 1.29 is 26.5 Å². The summed E-state index contributed by atoms with van der Waals surface area (Å²) in [6.45, 7) is 5.36. The fraction of sp³-hybridized carbons (Fsp3) is 0.650. The second-order valence-electron chi connectivity index (χ2n) is 8.90. The van der Waals surface area contributed by atoms with Crippen molar-refractivity contribution in [2.45, 2.75) is 69.0 Å².